The van der Waals surface area contributed by atoms with E-state index in [1.807, 2.05) is 0 Å². The maximum absolute atomic E-state index is 12.5. The van der Waals surface area contributed by atoms with Crippen LogP contribution in [0.15, 0.2) is 36.4 Å². The Balaban J connectivity index is 2.38. The molecular weight excluding hydrogens is 274 g/mol. The fraction of sp³-hybridized carbons (Fsp3) is 0. The van der Waals surface area contributed by atoms with Crippen molar-refractivity contribution in [2.45, 2.75) is 0 Å². The number of hydrogen-bond acceptors (Lipinski definition) is 5. The third kappa shape index (κ3) is 1.69. The molecule has 0 amide bonds. The Morgan fingerprint density at radius 3 is 2.10 bits per heavy atom. The summed E-state index contributed by atoms with van der Waals surface area (Å²) >= 11 is 0. The van der Waals surface area contributed by atoms with Crippen LogP contribution >= 0.6 is 0 Å². The van der Waals surface area contributed by atoms with E-state index in [1.54, 1.807) is 12.1 Å². The number of benzene rings is 2. The van der Waals surface area contributed by atoms with Crippen LogP contribution in [-0.4, -0.2) is 22.8 Å². The van der Waals surface area contributed by atoms with Crippen LogP contribution in [0.4, 0.5) is 5.69 Å². The van der Waals surface area contributed by atoms with Crippen molar-refractivity contribution in [2.75, 3.05) is 0 Å². The lowest BCUT2D eigenvalue weighted by atomic mass is 9.81. The molecule has 6 heteroatoms. The van der Waals surface area contributed by atoms with Crippen molar-refractivity contribution in [1.29, 1.82) is 0 Å². The van der Waals surface area contributed by atoms with Crippen LogP contribution in [0.1, 0.15) is 42.2 Å². The van der Waals surface area contributed by atoms with Crippen molar-refractivity contribution >= 4 is 23.5 Å². The second-order valence-electron chi connectivity index (χ2n) is 4.50. The highest BCUT2D eigenvalue weighted by atomic mass is 16.6. The van der Waals surface area contributed by atoms with Gasteiger partial charge in [0, 0.05) is 22.8 Å². The van der Waals surface area contributed by atoms with E-state index < -0.39 is 22.2 Å². The quantitative estimate of drug-likeness (QED) is 0.407. The minimum atomic E-state index is -0.748. The van der Waals surface area contributed by atoms with Gasteiger partial charge in [-0.1, -0.05) is 24.3 Å². The number of fused-ring (bicyclic) bond motifs is 2. The van der Waals surface area contributed by atoms with E-state index in [0.29, 0.717) is 0 Å². The number of hydrogen-bond donors (Lipinski definition) is 0. The first kappa shape index (κ1) is 12.9. The average molecular weight is 281 g/mol. The van der Waals surface area contributed by atoms with Gasteiger partial charge in [0.2, 0.25) is 0 Å². The van der Waals surface area contributed by atoms with Gasteiger partial charge in [-0.3, -0.25) is 24.5 Å². The second kappa shape index (κ2) is 4.45. The van der Waals surface area contributed by atoms with Crippen LogP contribution in [0.3, 0.4) is 0 Å². The summed E-state index contributed by atoms with van der Waals surface area (Å²) in [5.41, 5.74) is -0.622. The van der Waals surface area contributed by atoms with Gasteiger partial charge in [0.05, 0.1) is 10.5 Å². The molecule has 0 unspecified atom stereocenters. The first-order valence-corrected chi connectivity index (χ1v) is 6.01. The van der Waals surface area contributed by atoms with Crippen molar-refractivity contribution in [3.8, 4) is 0 Å². The van der Waals surface area contributed by atoms with Crippen LogP contribution in [0, 0.1) is 10.1 Å². The SMILES string of the molecule is O=Cc1c([N+](=O)[O-])ccc2c1C(=O)c1ccccc1C2=O. The van der Waals surface area contributed by atoms with E-state index in [9.17, 15) is 24.5 Å². The summed E-state index contributed by atoms with van der Waals surface area (Å²) in [6, 6.07) is 8.48. The van der Waals surface area contributed by atoms with Crippen LogP contribution in [0.5, 0.6) is 0 Å². The fourth-order valence-corrected chi connectivity index (χ4v) is 2.48. The molecule has 0 atom stereocenters. The summed E-state index contributed by atoms with van der Waals surface area (Å²) in [5.74, 6) is -0.968. The largest absolute Gasteiger partial charge is 0.298 e. The number of aldehydes is 1. The third-order valence-electron chi connectivity index (χ3n) is 3.43. The Morgan fingerprint density at radius 1 is 0.905 bits per heavy atom. The van der Waals surface area contributed by atoms with Crippen molar-refractivity contribution in [1.82, 2.24) is 0 Å². The highest BCUT2D eigenvalue weighted by Gasteiger charge is 2.34. The van der Waals surface area contributed by atoms with Crippen LogP contribution in [0.2, 0.25) is 0 Å². The van der Waals surface area contributed by atoms with Gasteiger partial charge >= 0.3 is 0 Å². The number of nitrogens with zero attached hydrogens (tertiary/aromatic N) is 1. The van der Waals surface area contributed by atoms with E-state index in [1.165, 1.54) is 18.2 Å². The van der Waals surface area contributed by atoms with Crippen molar-refractivity contribution in [3.05, 3.63) is 74.3 Å². The van der Waals surface area contributed by atoms with Gasteiger partial charge in [0.1, 0.15) is 5.56 Å². The molecule has 0 heterocycles. The van der Waals surface area contributed by atoms with Crippen LogP contribution in [-0.2, 0) is 0 Å². The van der Waals surface area contributed by atoms with Crippen molar-refractivity contribution in [2.24, 2.45) is 0 Å². The number of carbonyl (C=O) groups excluding carboxylic acids is 3. The van der Waals surface area contributed by atoms with Crippen LogP contribution in [0.25, 0.3) is 0 Å². The third-order valence-corrected chi connectivity index (χ3v) is 3.43. The van der Waals surface area contributed by atoms with E-state index in [4.69, 9.17) is 0 Å². The molecule has 0 saturated heterocycles. The summed E-state index contributed by atoms with van der Waals surface area (Å²) in [6.45, 7) is 0. The molecule has 0 bridgehead atoms. The standard InChI is InChI=1S/C15H7NO5/c17-7-11-12(16(20)21)6-5-10-13(11)15(19)9-4-2-1-3-8(9)14(10)18/h1-7H. The number of nitro groups is 1. The zero-order valence-corrected chi connectivity index (χ0v) is 10.5. The molecule has 0 aliphatic heterocycles. The first-order valence-electron chi connectivity index (χ1n) is 6.01. The van der Waals surface area contributed by atoms with E-state index in [0.717, 1.165) is 6.07 Å². The number of ketones is 2. The van der Waals surface area contributed by atoms with Gasteiger partial charge in [-0.15, -0.1) is 0 Å². The molecule has 0 aromatic heterocycles. The Hall–Kier alpha value is -3.15. The van der Waals surface area contributed by atoms with Gasteiger partial charge in [0.25, 0.3) is 5.69 Å². The molecule has 0 N–H and O–H groups in total. The van der Waals surface area contributed by atoms with Gasteiger partial charge < -0.3 is 0 Å². The molecule has 0 saturated carbocycles. The van der Waals surface area contributed by atoms with Gasteiger partial charge in [0.15, 0.2) is 17.9 Å². The molecule has 102 valence electrons. The number of rotatable bonds is 2. The minimum Gasteiger partial charge on any atom is -0.298 e. The summed E-state index contributed by atoms with van der Waals surface area (Å²) in [7, 11) is 0. The van der Waals surface area contributed by atoms with E-state index in [2.05, 4.69) is 0 Å². The molecule has 2 aromatic rings. The normalized spacial score (nSPS) is 12.6. The summed E-state index contributed by atoms with van der Waals surface area (Å²) in [4.78, 5) is 46.2. The van der Waals surface area contributed by atoms with Crippen molar-refractivity contribution in [3.63, 3.8) is 0 Å². The highest BCUT2D eigenvalue weighted by Crippen LogP contribution is 2.32. The number of nitro benzene ring substituents is 1. The molecule has 0 spiro atoms. The van der Waals surface area contributed by atoms with Gasteiger partial charge in [-0.25, -0.2) is 0 Å². The minimum absolute atomic E-state index is 0.0198. The lowest BCUT2D eigenvalue weighted by molar-refractivity contribution is -0.385. The van der Waals surface area contributed by atoms with Crippen molar-refractivity contribution < 1.29 is 19.3 Å². The number of carbonyl (C=O) groups is 3. The lowest BCUT2D eigenvalue weighted by Crippen LogP contribution is -2.23. The fourth-order valence-electron chi connectivity index (χ4n) is 2.48. The summed E-state index contributed by atoms with van der Waals surface area (Å²) in [5, 5.41) is 11.0. The molecule has 3 rings (SSSR count). The Morgan fingerprint density at radius 2 is 1.52 bits per heavy atom. The zero-order chi connectivity index (χ0) is 15.1. The molecule has 0 radical (unpaired) electrons. The molecule has 21 heavy (non-hydrogen) atoms. The molecular formula is C15H7NO5. The monoisotopic (exact) mass is 281 g/mol. The molecule has 1 aliphatic rings. The van der Waals surface area contributed by atoms with E-state index >= 15 is 0 Å². The Kier molecular flexibility index (Phi) is 2.72. The predicted molar refractivity (Wildman–Crippen MR) is 71.8 cm³/mol. The Bertz CT molecular complexity index is 838. The smallest absolute Gasteiger partial charge is 0.280 e. The molecule has 6 nitrogen and oxygen atoms in total. The molecule has 2 aromatic carbocycles. The lowest BCUT2D eigenvalue weighted by Gasteiger charge is -2.18. The summed E-state index contributed by atoms with van der Waals surface area (Å²) < 4.78 is 0. The Labute approximate surface area is 118 Å². The molecule has 0 fully saturated rings. The molecule has 1 aliphatic carbocycles. The summed E-state index contributed by atoms with van der Waals surface area (Å²) in [6.07, 6.45) is 0.246. The van der Waals surface area contributed by atoms with E-state index in [-0.39, 0.29) is 34.1 Å². The van der Waals surface area contributed by atoms with Gasteiger partial charge in [-0.05, 0) is 6.07 Å². The first-order chi connectivity index (χ1) is 10.1. The highest BCUT2D eigenvalue weighted by molar-refractivity contribution is 6.30. The van der Waals surface area contributed by atoms with Gasteiger partial charge in [-0.2, -0.15) is 0 Å². The maximum atomic E-state index is 12.5. The topological polar surface area (TPSA) is 94.3 Å². The zero-order valence-electron chi connectivity index (χ0n) is 10.5. The average Bonchev–Trinajstić information content (AvgIpc) is 2.51. The van der Waals surface area contributed by atoms with Crippen LogP contribution < -0.4 is 0 Å². The predicted octanol–water partition coefficient (Wildman–Crippen LogP) is 2.18. The second-order valence-corrected chi connectivity index (χ2v) is 4.50. The maximum Gasteiger partial charge on any atom is 0.280 e.